The Morgan fingerprint density at radius 2 is 1.92 bits per heavy atom. The highest BCUT2D eigenvalue weighted by molar-refractivity contribution is 5.93. The minimum atomic E-state index is -5.08. The van der Waals surface area contributed by atoms with Crippen molar-refractivity contribution in [2.45, 2.75) is 6.18 Å². The molecule has 3 aromatic heterocycles. The Hall–Kier alpha value is -4.75. The summed E-state index contributed by atoms with van der Waals surface area (Å²) in [5.41, 5.74) is 3.42. The van der Waals surface area contributed by atoms with E-state index in [1.807, 2.05) is 43.4 Å². The highest BCUT2D eigenvalue weighted by Gasteiger charge is 2.38. The van der Waals surface area contributed by atoms with Crippen LogP contribution in [-0.4, -0.2) is 54.2 Å². The summed E-state index contributed by atoms with van der Waals surface area (Å²) in [6.07, 6.45) is -0.404. The summed E-state index contributed by atoms with van der Waals surface area (Å²) in [6.45, 7) is 0. The van der Waals surface area contributed by atoms with Gasteiger partial charge >= 0.3 is 12.1 Å². The first kappa shape index (κ1) is 24.4. The molecule has 0 amide bonds. The van der Waals surface area contributed by atoms with Gasteiger partial charge in [-0.2, -0.15) is 28.4 Å². The van der Waals surface area contributed by atoms with Crippen LogP contribution in [0.25, 0.3) is 21.8 Å². The van der Waals surface area contributed by atoms with Crippen LogP contribution in [0.4, 0.5) is 40.7 Å². The molecule has 3 heterocycles. The molecule has 0 saturated heterocycles. The van der Waals surface area contributed by atoms with Gasteiger partial charge in [0.15, 0.2) is 11.6 Å². The maximum atomic E-state index is 14.6. The lowest BCUT2D eigenvalue weighted by Gasteiger charge is -2.20. The van der Waals surface area contributed by atoms with Gasteiger partial charge in [0.05, 0.1) is 35.3 Å². The molecule has 0 saturated carbocycles. The van der Waals surface area contributed by atoms with E-state index >= 15 is 0 Å². The number of hydrogen-bond acceptors (Lipinski definition) is 7. The van der Waals surface area contributed by atoms with E-state index in [9.17, 15) is 17.6 Å². The molecule has 0 spiro atoms. The minimum Gasteiger partial charge on any atom is -0.475 e. The van der Waals surface area contributed by atoms with Crippen LogP contribution in [-0.2, 0) is 11.8 Å². The van der Waals surface area contributed by atoms with E-state index in [4.69, 9.17) is 9.90 Å². The number of H-pyrrole nitrogens is 1. The maximum Gasteiger partial charge on any atom is 0.490 e. The first-order valence-corrected chi connectivity index (χ1v) is 10.2. The van der Waals surface area contributed by atoms with Gasteiger partial charge in [0.2, 0.25) is 5.95 Å². The molecule has 0 aliphatic rings. The van der Waals surface area contributed by atoms with Gasteiger partial charge in [-0.3, -0.25) is 9.78 Å². The number of hydrogen-bond donors (Lipinski definition) is 3. The predicted octanol–water partition coefficient (Wildman–Crippen LogP) is 4.52. The molecule has 36 heavy (non-hydrogen) atoms. The van der Waals surface area contributed by atoms with Gasteiger partial charge in [-0.1, -0.05) is 6.07 Å². The summed E-state index contributed by atoms with van der Waals surface area (Å²) >= 11 is 0. The second kappa shape index (κ2) is 9.48. The summed E-state index contributed by atoms with van der Waals surface area (Å²) < 4.78 is 48.1. The molecular formula is C22H18F4N8O2. The monoisotopic (exact) mass is 502 g/mol. The Bertz CT molecular complexity index is 1550. The zero-order valence-electron chi connectivity index (χ0n) is 18.7. The average molecular weight is 502 g/mol. The SMILES string of the molecule is CN(c1nc(Nc2ccc3cnn(C)c3c2)ncc1F)c1cccc2[nH]ncc12.O=C(O)C(F)(F)F. The van der Waals surface area contributed by atoms with Crippen molar-refractivity contribution in [3.63, 3.8) is 0 Å². The van der Waals surface area contributed by atoms with Crippen LogP contribution < -0.4 is 10.2 Å². The van der Waals surface area contributed by atoms with Crippen molar-refractivity contribution in [1.29, 1.82) is 0 Å². The molecule has 5 aromatic rings. The smallest absolute Gasteiger partial charge is 0.475 e. The van der Waals surface area contributed by atoms with Crippen molar-refractivity contribution in [3.8, 4) is 0 Å². The number of fused-ring (bicyclic) bond motifs is 2. The summed E-state index contributed by atoms with van der Waals surface area (Å²) in [5.74, 6) is -2.81. The van der Waals surface area contributed by atoms with E-state index in [-0.39, 0.29) is 5.82 Å². The van der Waals surface area contributed by atoms with Gasteiger partial charge in [0.25, 0.3) is 0 Å². The zero-order chi connectivity index (χ0) is 26.0. The fraction of sp³-hybridized carbons (Fsp3) is 0.136. The molecule has 5 rings (SSSR count). The van der Waals surface area contributed by atoms with E-state index in [1.54, 1.807) is 29.0 Å². The van der Waals surface area contributed by atoms with Gasteiger partial charge < -0.3 is 15.3 Å². The summed E-state index contributed by atoms with van der Waals surface area (Å²) in [4.78, 5) is 19.1. The fourth-order valence-electron chi connectivity index (χ4n) is 3.36. The third kappa shape index (κ3) is 5.01. The number of aliphatic carboxylic acids is 1. The Balaban J connectivity index is 0.000000384. The van der Waals surface area contributed by atoms with Crippen molar-refractivity contribution >= 4 is 50.9 Å². The Kier molecular flexibility index (Phi) is 6.42. The number of benzene rings is 2. The minimum absolute atomic E-state index is 0.165. The molecule has 0 fully saturated rings. The van der Waals surface area contributed by atoms with Crippen LogP contribution >= 0.6 is 0 Å². The first-order valence-electron chi connectivity index (χ1n) is 10.2. The highest BCUT2D eigenvalue weighted by atomic mass is 19.4. The number of aromatic amines is 1. The molecule has 10 nitrogen and oxygen atoms in total. The number of anilines is 4. The molecule has 0 aliphatic carbocycles. The van der Waals surface area contributed by atoms with E-state index in [0.29, 0.717) is 5.95 Å². The first-order chi connectivity index (χ1) is 17.0. The summed E-state index contributed by atoms with van der Waals surface area (Å²) in [7, 11) is 3.64. The van der Waals surface area contributed by atoms with Crippen LogP contribution in [0.2, 0.25) is 0 Å². The van der Waals surface area contributed by atoms with Crippen molar-refractivity contribution < 1.29 is 27.5 Å². The number of carbonyl (C=O) groups is 1. The molecular weight excluding hydrogens is 484 g/mol. The largest absolute Gasteiger partial charge is 0.490 e. The zero-order valence-corrected chi connectivity index (χ0v) is 18.7. The number of rotatable bonds is 4. The molecule has 3 N–H and O–H groups in total. The van der Waals surface area contributed by atoms with Crippen LogP contribution in [0.1, 0.15) is 0 Å². The van der Waals surface area contributed by atoms with Gasteiger partial charge in [-0.05, 0) is 30.3 Å². The third-order valence-electron chi connectivity index (χ3n) is 5.11. The lowest BCUT2D eigenvalue weighted by atomic mass is 10.2. The molecule has 0 bridgehead atoms. The molecule has 0 aliphatic heterocycles. The Labute approximate surface area is 200 Å². The second-order valence-corrected chi connectivity index (χ2v) is 7.50. The lowest BCUT2D eigenvalue weighted by molar-refractivity contribution is -0.192. The molecule has 14 heteroatoms. The predicted molar refractivity (Wildman–Crippen MR) is 124 cm³/mol. The molecule has 186 valence electrons. The fourth-order valence-corrected chi connectivity index (χ4v) is 3.36. The number of aromatic nitrogens is 6. The van der Waals surface area contributed by atoms with Crippen LogP contribution in [0.5, 0.6) is 0 Å². The number of alkyl halides is 3. The quantitative estimate of drug-likeness (QED) is 0.306. The second-order valence-electron chi connectivity index (χ2n) is 7.50. The van der Waals surface area contributed by atoms with Gasteiger partial charge in [0, 0.05) is 30.6 Å². The highest BCUT2D eigenvalue weighted by Crippen LogP contribution is 2.31. The Morgan fingerprint density at radius 3 is 2.64 bits per heavy atom. The number of nitrogens with zero attached hydrogens (tertiary/aromatic N) is 6. The maximum absolute atomic E-state index is 14.6. The van der Waals surface area contributed by atoms with Crippen molar-refractivity contribution in [2.75, 3.05) is 17.3 Å². The third-order valence-corrected chi connectivity index (χ3v) is 5.11. The standard InChI is InChI=1S/C20H17FN8.C2HF3O2/c1-28(17-5-3-4-16-14(17)10-23-27-16)19-15(21)11-22-20(26-19)25-13-7-6-12-9-24-29(2)18(12)8-13;3-2(4,5)1(6)7/h3-11H,1-2H3,(H,23,27)(H,22,25,26);(H,6,7). The lowest BCUT2D eigenvalue weighted by Crippen LogP contribution is -2.21. The normalized spacial score (nSPS) is 11.3. The molecule has 2 aromatic carbocycles. The number of carboxylic acid groups (broad SMARTS) is 1. The Morgan fingerprint density at radius 1 is 1.17 bits per heavy atom. The molecule has 0 radical (unpaired) electrons. The summed E-state index contributed by atoms with van der Waals surface area (Å²) in [5, 5.41) is 23.4. The van der Waals surface area contributed by atoms with E-state index in [2.05, 4.69) is 30.6 Å². The van der Waals surface area contributed by atoms with E-state index in [1.165, 1.54) is 6.20 Å². The topological polar surface area (TPSA) is 125 Å². The number of aryl methyl sites for hydroxylation is 1. The van der Waals surface area contributed by atoms with Gasteiger partial charge in [0.1, 0.15) is 0 Å². The van der Waals surface area contributed by atoms with E-state index < -0.39 is 18.0 Å². The van der Waals surface area contributed by atoms with Crippen molar-refractivity contribution in [1.82, 2.24) is 29.9 Å². The molecule has 0 atom stereocenters. The van der Waals surface area contributed by atoms with Gasteiger partial charge in [-0.25, -0.2) is 14.2 Å². The number of carboxylic acids is 1. The van der Waals surface area contributed by atoms with Crippen LogP contribution in [0.3, 0.4) is 0 Å². The van der Waals surface area contributed by atoms with Crippen LogP contribution in [0.15, 0.2) is 55.0 Å². The number of nitrogens with one attached hydrogen (secondary N) is 2. The number of halogens is 4. The van der Waals surface area contributed by atoms with E-state index in [0.717, 1.165) is 33.2 Å². The average Bonchev–Trinajstić information content (AvgIpc) is 3.46. The summed E-state index contributed by atoms with van der Waals surface area (Å²) in [6, 6.07) is 11.5. The molecule has 0 unspecified atom stereocenters. The van der Waals surface area contributed by atoms with Crippen molar-refractivity contribution in [2.24, 2.45) is 7.05 Å². The van der Waals surface area contributed by atoms with Crippen molar-refractivity contribution in [3.05, 3.63) is 60.8 Å². The van der Waals surface area contributed by atoms with Gasteiger partial charge in [-0.15, -0.1) is 0 Å². The van der Waals surface area contributed by atoms with Crippen LogP contribution in [0, 0.1) is 5.82 Å².